The van der Waals surface area contributed by atoms with E-state index in [1.165, 1.54) is 19.4 Å². The molecule has 2 aromatic rings. The van der Waals surface area contributed by atoms with Crippen molar-refractivity contribution in [3.63, 3.8) is 0 Å². The fourth-order valence-corrected chi connectivity index (χ4v) is 3.74. The largest absolute Gasteiger partial charge is 0.507 e. The monoisotopic (exact) mass is 499 g/mol. The molecular formula is C28H37NO7. The summed E-state index contributed by atoms with van der Waals surface area (Å²) >= 11 is 0. The summed E-state index contributed by atoms with van der Waals surface area (Å²) in [5.41, 5.74) is -0.113. The summed E-state index contributed by atoms with van der Waals surface area (Å²) in [6.45, 7) is 8.24. The fourth-order valence-electron chi connectivity index (χ4n) is 3.74. The quantitative estimate of drug-likeness (QED) is 0.345. The Bertz CT molecular complexity index is 1110. The molecule has 1 heterocycles. The fraction of sp³-hybridized carbons (Fsp3) is 0.464. The van der Waals surface area contributed by atoms with Gasteiger partial charge in [-0.15, -0.1) is 0 Å². The lowest BCUT2D eigenvalue weighted by atomic mass is 9.84. The number of nitrogens with one attached hydrogen (secondary N) is 1. The first kappa shape index (κ1) is 28.7. The molecule has 36 heavy (non-hydrogen) atoms. The number of alkyl carbamates (subject to hydrolysis) is 1. The highest BCUT2D eigenvalue weighted by molar-refractivity contribution is 5.99. The van der Waals surface area contributed by atoms with E-state index >= 15 is 0 Å². The maximum atomic E-state index is 13.1. The van der Waals surface area contributed by atoms with E-state index in [1.807, 2.05) is 45.0 Å². The molecule has 1 aromatic carbocycles. The van der Waals surface area contributed by atoms with Crippen molar-refractivity contribution >= 4 is 11.9 Å². The van der Waals surface area contributed by atoms with E-state index in [9.17, 15) is 19.5 Å². The van der Waals surface area contributed by atoms with Gasteiger partial charge in [-0.25, -0.2) is 9.59 Å². The van der Waals surface area contributed by atoms with Gasteiger partial charge < -0.3 is 19.0 Å². The Morgan fingerprint density at radius 3 is 2.61 bits per heavy atom. The number of ether oxygens (including phenoxy) is 2. The molecule has 2 N–H and O–H groups in total. The second-order valence-corrected chi connectivity index (χ2v) is 9.04. The first-order valence-electron chi connectivity index (χ1n) is 12.3. The van der Waals surface area contributed by atoms with Gasteiger partial charge in [-0.3, -0.25) is 10.1 Å². The number of carbonyl (C=O) groups excluding carboxylic acids is 2. The van der Waals surface area contributed by atoms with E-state index in [0.29, 0.717) is 31.6 Å². The molecule has 0 bridgehead atoms. The van der Waals surface area contributed by atoms with Gasteiger partial charge in [0.25, 0.3) is 0 Å². The molecule has 0 radical (unpaired) electrons. The number of carbonyl (C=O) groups is 2. The van der Waals surface area contributed by atoms with Crippen molar-refractivity contribution in [1.29, 1.82) is 0 Å². The van der Waals surface area contributed by atoms with E-state index in [4.69, 9.17) is 9.15 Å². The third-order valence-corrected chi connectivity index (χ3v) is 6.15. The lowest BCUT2D eigenvalue weighted by Gasteiger charge is -2.20. The SMILES string of the molecule is CCCOc1cccc(CC(C)C(C)C(=O)c2c(O)cc(C(C)CC/C=C/NC(=O)OC)oc2=O)c1. The van der Waals surface area contributed by atoms with Crippen LogP contribution in [0, 0.1) is 11.8 Å². The molecule has 0 aliphatic heterocycles. The van der Waals surface area contributed by atoms with Crippen LogP contribution in [0.15, 0.2) is 51.8 Å². The van der Waals surface area contributed by atoms with Gasteiger partial charge in [-0.1, -0.05) is 45.9 Å². The smallest absolute Gasteiger partial charge is 0.410 e. The second-order valence-electron chi connectivity index (χ2n) is 9.04. The summed E-state index contributed by atoms with van der Waals surface area (Å²) in [6.07, 6.45) is 5.40. The summed E-state index contributed by atoms with van der Waals surface area (Å²) < 4.78 is 15.6. The van der Waals surface area contributed by atoms with Crippen LogP contribution in [0.2, 0.25) is 0 Å². The average molecular weight is 500 g/mol. The molecule has 0 fully saturated rings. The predicted molar refractivity (Wildman–Crippen MR) is 138 cm³/mol. The third-order valence-electron chi connectivity index (χ3n) is 6.15. The van der Waals surface area contributed by atoms with Crippen LogP contribution >= 0.6 is 0 Å². The van der Waals surface area contributed by atoms with Gasteiger partial charge in [-0.05, 0) is 49.3 Å². The number of benzene rings is 1. The van der Waals surface area contributed by atoms with Crippen LogP contribution < -0.4 is 15.7 Å². The molecule has 1 aromatic heterocycles. The molecule has 0 spiro atoms. The summed E-state index contributed by atoms with van der Waals surface area (Å²) in [4.78, 5) is 36.8. The average Bonchev–Trinajstić information content (AvgIpc) is 2.86. The maximum absolute atomic E-state index is 13.1. The van der Waals surface area contributed by atoms with Crippen LogP contribution in [0.5, 0.6) is 11.5 Å². The van der Waals surface area contributed by atoms with Gasteiger partial charge >= 0.3 is 11.7 Å². The number of methoxy groups -OCH3 is 1. The number of amides is 1. The Labute approximate surface area is 212 Å². The molecule has 3 unspecified atom stereocenters. The van der Waals surface area contributed by atoms with Crippen LogP contribution in [-0.2, 0) is 11.2 Å². The van der Waals surface area contributed by atoms with Crippen LogP contribution in [-0.4, -0.2) is 30.7 Å². The van der Waals surface area contributed by atoms with Gasteiger partial charge in [-0.2, -0.15) is 0 Å². The minimum absolute atomic E-state index is 0.0817. The van der Waals surface area contributed by atoms with E-state index in [-0.39, 0.29) is 23.1 Å². The minimum atomic E-state index is -0.834. The zero-order valence-corrected chi connectivity index (χ0v) is 21.7. The van der Waals surface area contributed by atoms with Crippen molar-refractivity contribution in [2.75, 3.05) is 13.7 Å². The maximum Gasteiger partial charge on any atom is 0.410 e. The third kappa shape index (κ3) is 8.29. The Morgan fingerprint density at radius 2 is 1.94 bits per heavy atom. The molecule has 8 nitrogen and oxygen atoms in total. The first-order chi connectivity index (χ1) is 17.2. The molecule has 1 amide bonds. The number of hydrogen-bond donors (Lipinski definition) is 2. The molecule has 196 valence electrons. The lowest BCUT2D eigenvalue weighted by molar-refractivity contribution is 0.0885. The molecule has 2 rings (SSSR count). The Balaban J connectivity index is 2.05. The number of aromatic hydroxyl groups is 1. The molecule has 0 aliphatic rings. The minimum Gasteiger partial charge on any atom is -0.507 e. The zero-order valence-electron chi connectivity index (χ0n) is 21.7. The summed E-state index contributed by atoms with van der Waals surface area (Å²) in [6, 6.07) is 9.12. The van der Waals surface area contributed by atoms with Gasteiger partial charge in [0.15, 0.2) is 5.78 Å². The Hall–Kier alpha value is -3.55. The van der Waals surface area contributed by atoms with Crippen LogP contribution in [0.3, 0.4) is 0 Å². The van der Waals surface area contributed by atoms with E-state index in [0.717, 1.165) is 17.7 Å². The Kier molecular flexibility index (Phi) is 11.2. The van der Waals surface area contributed by atoms with Crippen molar-refractivity contribution in [2.45, 2.75) is 59.3 Å². The van der Waals surface area contributed by atoms with Crippen molar-refractivity contribution in [1.82, 2.24) is 5.32 Å². The molecule has 0 aliphatic carbocycles. The number of rotatable bonds is 13. The summed E-state index contributed by atoms with van der Waals surface area (Å²) in [7, 11) is 1.28. The van der Waals surface area contributed by atoms with Crippen LogP contribution in [0.1, 0.15) is 74.6 Å². The van der Waals surface area contributed by atoms with Crippen molar-refractivity contribution in [3.8, 4) is 11.5 Å². The first-order valence-corrected chi connectivity index (χ1v) is 12.3. The van der Waals surface area contributed by atoms with Gasteiger partial charge in [0.05, 0.1) is 13.7 Å². The topological polar surface area (TPSA) is 115 Å². The molecule has 3 atom stereocenters. The van der Waals surface area contributed by atoms with Crippen LogP contribution in [0.25, 0.3) is 0 Å². The van der Waals surface area contributed by atoms with Crippen LogP contribution in [0.4, 0.5) is 4.79 Å². The normalized spacial score (nSPS) is 13.7. The van der Waals surface area contributed by atoms with Gasteiger partial charge in [0.2, 0.25) is 0 Å². The second kappa shape index (κ2) is 14.1. The highest BCUT2D eigenvalue weighted by Gasteiger charge is 2.28. The predicted octanol–water partition coefficient (Wildman–Crippen LogP) is 5.59. The van der Waals surface area contributed by atoms with Crippen molar-refractivity contribution < 1.29 is 28.6 Å². The highest BCUT2D eigenvalue weighted by atomic mass is 16.5. The molecule has 0 saturated heterocycles. The van der Waals surface area contributed by atoms with Gasteiger partial charge in [0, 0.05) is 24.1 Å². The van der Waals surface area contributed by atoms with E-state index < -0.39 is 23.4 Å². The standard InChI is InChI=1S/C28H37NO7/c1-6-14-35-22-12-9-11-21(16-22)15-19(3)20(4)26(31)25-23(30)17-24(36-27(25)32)18(2)10-7-8-13-29-28(33)34-5/h8-9,11-13,16-20,30H,6-7,10,14-15H2,1-5H3,(H,29,33)/b13-8+. The molecule has 8 heteroatoms. The van der Waals surface area contributed by atoms with Gasteiger partial charge in [0.1, 0.15) is 22.8 Å². The van der Waals surface area contributed by atoms with E-state index in [1.54, 1.807) is 13.0 Å². The highest BCUT2D eigenvalue weighted by Crippen LogP contribution is 2.28. The Morgan fingerprint density at radius 1 is 1.19 bits per heavy atom. The lowest BCUT2D eigenvalue weighted by Crippen LogP contribution is -2.26. The van der Waals surface area contributed by atoms with E-state index in [2.05, 4.69) is 10.1 Å². The van der Waals surface area contributed by atoms with Crippen molar-refractivity contribution in [3.05, 3.63) is 69.9 Å². The number of Topliss-reactive ketones (excluding diaryl/α,β-unsaturated/α-hetero) is 1. The summed E-state index contributed by atoms with van der Waals surface area (Å²) in [5, 5.41) is 13.0. The number of allylic oxidation sites excluding steroid dienone is 1. The van der Waals surface area contributed by atoms with Crippen molar-refractivity contribution in [2.24, 2.45) is 11.8 Å². The number of ketones is 1. The summed E-state index contributed by atoms with van der Waals surface area (Å²) in [5.74, 6) is -0.490. The number of hydrogen-bond acceptors (Lipinski definition) is 7. The molecule has 0 saturated carbocycles. The zero-order chi connectivity index (χ0) is 26.7. The molecular weight excluding hydrogens is 462 g/mol.